The van der Waals surface area contributed by atoms with Crippen molar-refractivity contribution in [2.24, 2.45) is 0 Å². The number of anilines is 1. The molecule has 2 amide bonds. The molecular weight excluding hydrogens is 578 g/mol. The van der Waals surface area contributed by atoms with Crippen LogP contribution in [0.3, 0.4) is 0 Å². The lowest BCUT2D eigenvalue weighted by atomic mass is 10.00. The van der Waals surface area contributed by atoms with Crippen LogP contribution in [-0.4, -0.2) is 69.1 Å². The minimum atomic E-state index is -0.460. The molecule has 4 heterocycles. The molecule has 2 aliphatic heterocycles. The van der Waals surface area contributed by atoms with E-state index in [0.29, 0.717) is 54.7 Å². The highest BCUT2D eigenvalue weighted by atomic mass is 16.5. The lowest BCUT2D eigenvalue weighted by Crippen LogP contribution is -2.42. The second kappa shape index (κ2) is 11.4. The first kappa shape index (κ1) is 28.5. The molecule has 1 saturated heterocycles. The van der Waals surface area contributed by atoms with E-state index in [9.17, 15) is 14.7 Å². The van der Waals surface area contributed by atoms with Crippen LogP contribution < -0.4 is 9.64 Å². The minimum Gasteiger partial charge on any atom is -0.491 e. The van der Waals surface area contributed by atoms with Crippen LogP contribution in [0, 0.1) is 6.92 Å². The summed E-state index contributed by atoms with van der Waals surface area (Å²) < 4.78 is 6.08. The maximum absolute atomic E-state index is 13.9. The lowest BCUT2D eigenvalue weighted by molar-refractivity contribution is 0.0474. The van der Waals surface area contributed by atoms with E-state index in [1.165, 1.54) is 18.4 Å². The maximum atomic E-state index is 13.9. The van der Waals surface area contributed by atoms with Crippen molar-refractivity contribution in [3.8, 4) is 28.3 Å². The summed E-state index contributed by atoms with van der Waals surface area (Å²) in [5, 5.41) is 10.9. The number of aliphatic hydroxyl groups excluding tert-OH is 1. The number of piperidine rings is 1. The quantitative estimate of drug-likeness (QED) is 0.247. The number of carbonyl (C=O) groups excluding carboxylic acids is 2. The smallest absolute Gasteiger partial charge is 0.262 e. The lowest BCUT2D eigenvalue weighted by Gasteiger charge is -2.30. The molecule has 46 heavy (non-hydrogen) atoms. The second-order valence-electron chi connectivity index (χ2n) is 12.6. The van der Waals surface area contributed by atoms with Crippen molar-refractivity contribution in [2.45, 2.75) is 44.6 Å². The molecule has 2 N–H and O–H groups in total. The molecule has 0 spiro atoms. The molecule has 1 unspecified atom stereocenters. The molecule has 1 atom stereocenters. The van der Waals surface area contributed by atoms with Crippen LogP contribution in [0.2, 0.25) is 0 Å². The van der Waals surface area contributed by atoms with Crippen molar-refractivity contribution in [3.05, 3.63) is 95.3 Å². The minimum absolute atomic E-state index is 0.0635. The number of ether oxygens (including phenoxy) is 1. The van der Waals surface area contributed by atoms with Gasteiger partial charge in [-0.25, -0.2) is 9.97 Å². The third-order valence-electron chi connectivity index (χ3n) is 9.51. The summed E-state index contributed by atoms with van der Waals surface area (Å²) in [7, 11) is 0. The predicted molar refractivity (Wildman–Crippen MR) is 176 cm³/mol. The van der Waals surface area contributed by atoms with Gasteiger partial charge >= 0.3 is 0 Å². The molecule has 1 saturated carbocycles. The molecule has 1 aliphatic carbocycles. The van der Waals surface area contributed by atoms with Crippen LogP contribution in [0.25, 0.3) is 33.5 Å². The topological polar surface area (TPSA) is 112 Å². The van der Waals surface area contributed by atoms with Crippen LogP contribution >= 0.6 is 0 Å². The molecule has 3 aromatic carbocycles. The van der Waals surface area contributed by atoms with Gasteiger partial charge in [0.1, 0.15) is 24.3 Å². The number of aliphatic hydroxyl groups is 1. The first-order valence-electron chi connectivity index (χ1n) is 16.0. The van der Waals surface area contributed by atoms with Gasteiger partial charge in [-0.15, -0.1) is 0 Å². The summed E-state index contributed by atoms with van der Waals surface area (Å²) in [6.45, 7) is 3.93. The number of nitrogens with zero attached hydrogens (tertiary/aromatic N) is 4. The second-order valence-corrected chi connectivity index (χ2v) is 12.6. The van der Waals surface area contributed by atoms with Gasteiger partial charge in [0, 0.05) is 41.0 Å². The van der Waals surface area contributed by atoms with Crippen LogP contribution in [0.4, 0.5) is 5.69 Å². The standard InChI is InChI=1S/C37H35N5O4/c1-22-28(5-2-6-32(22)42-16-17-46-33-18-26(23-7-8-23)13-14-29(33)37(42)45)34-30-19-31(40-35(30)39-21-38-34)24-9-11-25(12-10-24)36(44)41-15-3-4-27(43)20-41/h2,5-6,9-14,18-19,21,23,27,43H,3-4,7-8,15-17,20H2,1H3,(H,38,39,40). The molecule has 2 fully saturated rings. The normalized spacial score (nSPS) is 18.3. The highest BCUT2D eigenvalue weighted by Gasteiger charge is 2.30. The van der Waals surface area contributed by atoms with Gasteiger partial charge in [-0.1, -0.05) is 30.3 Å². The summed E-state index contributed by atoms with van der Waals surface area (Å²) in [6.07, 6.45) is 5.03. The Bertz CT molecular complexity index is 1980. The van der Waals surface area contributed by atoms with Crippen LogP contribution in [0.1, 0.15) is 63.4 Å². The van der Waals surface area contributed by atoms with Crippen LogP contribution in [0.15, 0.2) is 73.1 Å². The van der Waals surface area contributed by atoms with Crippen molar-refractivity contribution in [2.75, 3.05) is 31.1 Å². The predicted octanol–water partition coefficient (Wildman–Crippen LogP) is 6.11. The molecule has 3 aliphatic rings. The van der Waals surface area contributed by atoms with Crippen molar-refractivity contribution in [1.29, 1.82) is 0 Å². The monoisotopic (exact) mass is 613 g/mol. The number of hydrogen-bond donors (Lipinski definition) is 2. The number of rotatable bonds is 5. The third-order valence-corrected chi connectivity index (χ3v) is 9.51. The first-order chi connectivity index (χ1) is 22.4. The number of benzene rings is 3. The SMILES string of the molecule is Cc1c(-c2ncnc3[nH]c(-c4ccc(C(=O)N5CCCC(O)C5)cc4)cc23)cccc1N1CCOc2cc(C3CC3)ccc2C1=O. The van der Waals surface area contributed by atoms with E-state index in [-0.39, 0.29) is 11.8 Å². The third kappa shape index (κ3) is 5.10. The molecule has 8 rings (SSSR count). The maximum Gasteiger partial charge on any atom is 0.262 e. The van der Waals surface area contributed by atoms with Crippen molar-refractivity contribution in [3.63, 3.8) is 0 Å². The fourth-order valence-electron chi connectivity index (χ4n) is 6.83. The first-order valence-corrected chi connectivity index (χ1v) is 16.0. The molecule has 9 heteroatoms. The van der Waals surface area contributed by atoms with Gasteiger partial charge in [0.05, 0.1) is 23.9 Å². The number of aromatic nitrogens is 3. The Morgan fingerprint density at radius 1 is 0.978 bits per heavy atom. The van der Waals surface area contributed by atoms with Crippen LogP contribution in [0.5, 0.6) is 5.75 Å². The van der Waals surface area contributed by atoms with Gasteiger partial charge in [0.15, 0.2) is 0 Å². The average Bonchev–Trinajstić information content (AvgIpc) is 3.86. The number of hydrogen-bond acceptors (Lipinski definition) is 6. The Balaban J connectivity index is 1.09. The number of aromatic amines is 1. The number of H-pyrrole nitrogens is 1. The Morgan fingerprint density at radius 2 is 1.83 bits per heavy atom. The number of nitrogens with one attached hydrogen (secondary N) is 1. The van der Waals surface area contributed by atoms with Gasteiger partial charge < -0.3 is 24.6 Å². The number of amides is 2. The Morgan fingerprint density at radius 3 is 2.63 bits per heavy atom. The summed E-state index contributed by atoms with van der Waals surface area (Å²) in [5.74, 6) is 1.13. The van der Waals surface area contributed by atoms with Gasteiger partial charge in [-0.05, 0) is 91.6 Å². The van der Waals surface area contributed by atoms with E-state index >= 15 is 0 Å². The zero-order valence-electron chi connectivity index (χ0n) is 25.7. The zero-order chi connectivity index (χ0) is 31.4. The number of fused-ring (bicyclic) bond motifs is 2. The van der Waals surface area contributed by atoms with Gasteiger partial charge in [-0.2, -0.15) is 0 Å². The molecule has 0 bridgehead atoms. The summed E-state index contributed by atoms with van der Waals surface area (Å²) >= 11 is 0. The molecule has 5 aromatic rings. The van der Waals surface area contributed by atoms with Gasteiger partial charge in [-0.3, -0.25) is 9.59 Å². The molecule has 2 aromatic heterocycles. The van der Waals surface area contributed by atoms with E-state index < -0.39 is 6.10 Å². The highest BCUT2D eigenvalue weighted by molar-refractivity contribution is 6.09. The molecule has 232 valence electrons. The number of β-amino-alcohol motifs (C(OH)–C–C–N with tert-alkyl or cyclic N) is 1. The molecular formula is C37H35N5O4. The number of likely N-dealkylation sites (tertiary alicyclic amines) is 1. The van der Waals surface area contributed by atoms with E-state index in [1.54, 1.807) is 11.2 Å². The largest absolute Gasteiger partial charge is 0.491 e. The molecule has 9 nitrogen and oxygen atoms in total. The summed E-state index contributed by atoms with van der Waals surface area (Å²) in [4.78, 5) is 43.0. The highest BCUT2D eigenvalue weighted by Crippen LogP contribution is 2.42. The zero-order valence-corrected chi connectivity index (χ0v) is 25.7. The Hall–Kier alpha value is -5.02. The number of carbonyl (C=O) groups is 2. The summed E-state index contributed by atoms with van der Waals surface area (Å²) in [5.41, 5.74) is 8.39. The van der Waals surface area contributed by atoms with Gasteiger partial charge in [0.2, 0.25) is 0 Å². The fourth-order valence-corrected chi connectivity index (χ4v) is 6.83. The Kier molecular flexibility index (Phi) is 7.06. The van der Waals surface area contributed by atoms with Crippen molar-refractivity contribution in [1.82, 2.24) is 19.9 Å². The van der Waals surface area contributed by atoms with E-state index in [2.05, 4.69) is 16.0 Å². The fraction of sp³-hybridized carbons (Fsp3) is 0.297. The van der Waals surface area contributed by atoms with E-state index in [1.807, 2.05) is 72.5 Å². The van der Waals surface area contributed by atoms with E-state index in [4.69, 9.17) is 9.72 Å². The van der Waals surface area contributed by atoms with E-state index in [0.717, 1.165) is 52.0 Å². The summed E-state index contributed by atoms with van der Waals surface area (Å²) in [6, 6.07) is 21.5. The van der Waals surface area contributed by atoms with Crippen molar-refractivity contribution >= 4 is 28.5 Å². The van der Waals surface area contributed by atoms with Gasteiger partial charge in [0.25, 0.3) is 11.8 Å². The Labute approximate surface area is 266 Å². The van der Waals surface area contributed by atoms with Crippen molar-refractivity contribution < 1.29 is 19.4 Å². The van der Waals surface area contributed by atoms with Crippen LogP contribution in [-0.2, 0) is 0 Å². The average molecular weight is 614 g/mol. The molecule has 0 radical (unpaired) electrons.